The Balaban J connectivity index is 2.08. The Morgan fingerprint density at radius 1 is 1.06 bits per heavy atom. The van der Waals surface area contributed by atoms with Gasteiger partial charge in [-0.3, -0.25) is 0 Å². The number of hydrogen-bond acceptors (Lipinski definition) is 6. The van der Waals surface area contributed by atoms with E-state index in [2.05, 4.69) is 30.6 Å². The van der Waals surface area contributed by atoms with E-state index in [9.17, 15) is 0 Å². The summed E-state index contributed by atoms with van der Waals surface area (Å²) in [6.45, 7) is 5.48. The van der Waals surface area contributed by atoms with Gasteiger partial charge in [0.1, 0.15) is 24.3 Å². The van der Waals surface area contributed by atoms with E-state index >= 15 is 0 Å². The Morgan fingerprint density at radius 3 is 2.50 bits per heavy atom. The van der Waals surface area contributed by atoms with Crippen molar-refractivity contribution in [2.75, 3.05) is 17.2 Å². The van der Waals surface area contributed by atoms with Gasteiger partial charge in [-0.1, -0.05) is 0 Å². The molecule has 94 valence electrons. The molecule has 6 nitrogen and oxygen atoms in total. The van der Waals surface area contributed by atoms with Crippen LogP contribution in [0.1, 0.15) is 18.2 Å². The summed E-state index contributed by atoms with van der Waals surface area (Å²) >= 11 is 0. The highest BCUT2D eigenvalue weighted by Gasteiger charge is 2.05. The minimum Gasteiger partial charge on any atom is -0.370 e. The molecule has 0 saturated heterocycles. The molecule has 0 aliphatic heterocycles. The summed E-state index contributed by atoms with van der Waals surface area (Å²) in [5, 5.41) is 6.44. The van der Waals surface area contributed by atoms with Gasteiger partial charge in [-0.05, 0) is 19.9 Å². The van der Waals surface area contributed by atoms with Gasteiger partial charge in [-0.15, -0.1) is 0 Å². The van der Waals surface area contributed by atoms with Crippen molar-refractivity contribution in [2.24, 2.45) is 0 Å². The first-order chi connectivity index (χ1) is 8.81. The van der Waals surface area contributed by atoms with Gasteiger partial charge in [-0.25, -0.2) is 19.9 Å². The molecule has 0 amide bonds. The van der Waals surface area contributed by atoms with Crippen molar-refractivity contribution in [3.8, 4) is 0 Å². The Bertz CT molecular complexity index is 499. The smallest absolute Gasteiger partial charge is 0.134 e. The molecule has 0 aliphatic carbocycles. The second-order valence-electron chi connectivity index (χ2n) is 3.78. The lowest BCUT2D eigenvalue weighted by Crippen LogP contribution is -2.08. The van der Waals surface area contributed by atoms with Gasteiger partial charge in [0.15, 0.2) is 0 Å². The minimum absolute atomic E-state index is 0.617. The Labute approximate surface area is 106 Å². The van der Waals surface area contributed by atoms with E-state index in [0.717, 1.165) is 29.4 Å². The third kappa shape index (κ3) is 2.91. The molecule has 0 saturated carbocycles. The number of anilines is 2. The van der Waals surface area contributed by atoms with Crippen LogP contribution in [0.5, 0.6) is 0 Å². The third-order valence-corrected chi connectivity index (χ3v) is 2.51. The van der Waals surface area contributed by atoms with Crippen molar-refractivity contribution in [1.82, 2.24) is 19.9 Å². The number of nitrogens with zero attached hydrogens (tertiary/aromatic N) is 4. The van der Waals surface area contributed by atoms with Gasteiger partial charge in [0, 0.05) is 18.3 Å². The van der Waals surface area contributed by atoms with Crippen LogP contribution < -0.4 is 10.6 Å². The highest BCUT2D eigenvalue weighted by molar-refractivity contribution is 5.56. The normalized spacial score (nSPS) is 10.1. The molecule has 2 N–H and O–H groups in total. The maximum atomic E-state index is 4.23. The molecule has 0 atom stereocenters. The standard InChI is InChI=1S/C12H16N6/c1-3-14-11-9(2)12(18-8-17-11)15-6-10-4-5-13-7-16-10/h4-5,7-8H,3,6H2,1-2H3,(H2,14,15,17,18). The van der Waals surface area contributed by atoms with Crippen molar-refractivity contribution >= 4 is 11.6 Å². The zero-order valence-corrected chi connectivity index (χ0v) is 10.5. The SMILES string of the molecule is CCNc1ncnc(NCc2ccncn2)c1C. The molecule has 2 aromatic heterocycles. The highest BCUT2D eigenvalue weighted by Crippen LogP contribution is 2.18. The van der Waals surface area contributed by atoms with Crippen molar-refractivity contribution in [3.05, 3.63) is 36.2 Å². The third-order valence-electron chi connectivity index (χ3n) is 2.51. The molecular formula is C12H16N6. The fourth-order valence-corrected chi connectivity index (χ4v) is 1.57. The van der Waals surface area contributed by atoms with Crippen LogP contribution in [0.3, 0.4) is 0 Å². The van der Waals surface area contributed by atoms with E-state index < -0.39 is 0 Å². The lowest BCUT2D eigenvalue weighted by atomic mass is 10.3. The first kappa shape index (κ1) is 12.2. The first-order valence-electron chi connectivity index (χ1n) is 5.85. The second kappa shape index (κ2) is 5.90. The van der Waals surface area contributed by atoms with Crippen molar-refractivity contribution in [1.29, 1.82) is 0 Å². The minimum atomic E-state index is 0.617. The molecule has 18 heavy (non-hydrogen) atoms. The zero-order chi connectivity index (χ0) is 12.8. The monoisotopic (exact) mass is 244 g/mol. The van der Waals surface area contributed by atoms with Crippen molar-refractivity contribution in [3.63, 3.8) is 0 Å². The van der Waals surface area contributed by atoms with Gasteiger partial charge in [0.25, 0.3) is 0 Å². The van der Waals surface area contributed by atoms with E-state index in [-0.39, 0.29) is 0 Å². The molecule has 0 aliphatic rings. The lowest BCUT2D eigenvalue weighted by molar-refractivity contribution is 0.982. The Kier molecular flexibility index (Phi) is 4.01. The van der Waals surface area contributed by atoms with Crippen LogP contribution in [0.15, 0.2) is 24.9 Å². The molecule has 2 aromatic rings. The molecule has 0 bridgehead atoms. The Hall–Kier alpha value is -2.24. The molecule has 0 radical (unpaired) electrons. The van der Waals surface area contributed by atoms with Crippen molar-refractivity contribution < 1.29 is 0 Å². The predicted molar refractivity (Wildman–Crippen MR) is 70.3 cm³/mol. The van der Waals surface area contributed by atoms with E-state index in [1.54, 1.807) is 12.5 Å². The van der Waals surface area contributed by atoms with Crippen LogP contribution in [0, 0.1) is 6.92 Å². The van der Waals surface area contributed by atoms with Gasteiger partial charge in [0.2, 0.25) is 0 Å². The molecule has 0 unspecified atom stereocenters. The van der Waals surface area contributed by atoms with Gasteiger partial charge in [-0.2, -0.15) is 0 Å². The molecule has 2 rings (SSSR count). The largest absolute Gasteiger partial charge is 0.370 e. The van der Waals surface area contributed by atoms with Crippen molar-refractivity contribution in [2.45, 2.75) is 20.4 Å². The summed E-state index contributed by atoms with van der Waals surface area (Å²) in [6, 6.07) is 1.87. The van der Waals surface area contributed by atoms with Gasteiger partial charge in [0.05, 0.1) is 12.2 Å². The van der Waals surface area contributed by atoms with Gasteiger partial charge >= 0.3 is 0 Å². The second-order valence-corrected chi connectivity index (χ2v) is 3.78. The van der Waals surface area contributed by atoms with E-state index in [1.165, 1.54) is 6.33 Å². The number of rotatable bonds is 5. The average Bonchev–Trinajstić information content (AvgIpc) is 2.41. The topological polar surface area (TPSA) is 75.6 Å². The average molecular weight is 244 g/mol. The summed E-state index contributed by atoms with van der Waals surface area (Å²) in [7, 11) is 0. The van der Waals surface area contributed by atoms with Crippen LogP contribution in [-0.4, -0.2) is 26.5 Å². The summed E-state index contributed by atoms with van der Waals surface area (Å²) in [4.78, 5) is 16.5. The summed E-state index contributed by atoms with van der Waals surface area (Å²) in [6.07, 6.45) is 4.81. The van der Waals surface area contributed by atoms with Gasteiger partial charge < -0.3 is 10.6 Å². The quantitative estimate of drug-likeness (QED) is 0.832. The van der Waals surface area contributed by atoms with E-state index in [0.29, 0.717) is 6.54 Å². The van der Waals surface area contributed by atoms with E-state index in [4.69, 9.17) is 0 Å². The maximum absolute atomic E-state index is 4.23. The summed E-state index contributed by atoms with van der Waals surface area (Å²) in [5.74, 6) is 1.68. The highest BCUT2D eigenvalue weighted by atomic mass is 15.1. The molecule has 0 fully saturated rings. The lowest BCUT2D eigenvalue weighted by Gasteiger charge is -2.11. The van der Waals surface area contributed by atoms with Crippen LogP contribution in [0.25, 0.3) is 0 Å². The summed E-state index contributed by atoms with van der Waals surface area (Å²) < 4.78 is 0. The predicted octanol–water partition coefficient (Wildman–Crippen LogP) is 1.62. The molecule has 6 heteroatoms. The fraction of sp³-hybridized carbons (Fsp3) is 0.333. The molecule has 0 aromatic carbocycles. The van der Waals surface area contributed by atoms with Crippen LogP contribution in [-0.2, 0) is 6.54 Å². The summed E-state index contributed by atoms with van der Waals surface area (Å²) in [5.41, 5.74) is 1.93. The van der Waals surface area contributed by atoms with Crippen LogP contribution in [0.2, 0.25) is 0 Å². The number of hydrogen-bond donors (Lipinski definition) is 2. The molecular weight excluding hydrogens is 228 g/mol. The van der Waals surface area contributed by atoms with Crippen LogP contribution >= 0.6 is 0 Å². The number of nitrogens with one attached hydrogen (secondary N) is 2. The molecule has 2 heterocycles. The van der Waals surface area contributed by atoms with E-state index in [1.807, 2.05) is 19.9 Å². The Morgan fingerprint density at radius 2 is 1.83 bits per heavy atom. The zero-order valence-electron chi connectivity index (χ0n) is 10.5. The fourth-order valence-electron chi connectivity index (χ4n) is 1.57. The van der Waals surface area contributed by atoms with Crippen LogP contribution in [0.4, 0.5) is 11.6 Å². The number of aromatic nitrogens is 4. The first-order valence-corrected chi connectivity index (χ1v) is 5.85. The molecule has 0 spiro atoms. The maximum Gasteiger partial charge on any atom is 0.134 e.